The monoisotopic (exact) mass is 497 g/mol. The minimum Gasteiger partial charge on any atom is -0.456 e. The van der Waals surface area contributed by atoms with Crippen molar-refractivity contribution in [2.45, 2.75) is 83.7 Å². The third-order valence-electron chi connectivity index (χ3n) is 6.16. The number of aliphatic hydroxyl groups excluding tert-OH is 1. The van der Waals surface area contributed by atoms with Gasteiger partial charge in [-0.25, -0.2) is 4.79 Å². The molecule has 0 aromatic heterocycles. The summed E-state index contributed by atoms with van der Waals surface area (Å²) in [6.07, 6.45) is 18.9. The molecule has 0 spiro atoms. The highest BCUT2D eigenvalue weighted by atomic mass is 16.6. The second-order valence-electron chi connectivity index (χ2n) is 9.77. The normalized spacial score (nSPS) is 23.1. The molecule has 198 valence electrons. The van der Waals surface area contributed by atoms with E-state index in [2.05, 4.69) is 32.6 Å². The molecule has 6 nitrogen and oxygen atoms in total. The first kappa shape index (κ1) is 29.7. The summed E-state index contributed by atoms with van der Waals surface area (Å²) >= 11 is 0. The van der Waals surface area contributed by atoms with Crippen LogP contribution in [0.3, 0.4) is 0 Å². The minimum absolute atomic E-state index is 0.102. The summed E-state index contributed by atoms with van der Waals surface area (Å²) in [5.74, 6) is -0.0681. The van der Waals surface area contributed by atoms with E-state index in [4.69, 9.17) is 19.6 Å². The third-order valence-corrected chi connectivity index (χ3v) is 6.16. The maximum atomic E-state index is 12.0. The Bertz CT molecular complexity index is 882. The lowest BCUT2D eigenvalue weighted by Gasteiger charge is -2.23. The number of allylic oxidation sites excluding steroid dienone is 3. The number of aliphatic hydroxyl groups is 1. The minimum atomic E-state index is -0.986. The zero-order valence-corrected chi connectivity index (χ0v) is 22.0. The molecule has 0 aromatic carbocycles. The Morgan fingerprint density at radius 2 is 2.11 bits per heavy atom. The van der Waals surface area contributed by atoms with Crippen molar-refractivity contribution in [3.63, 3.8) is 0 Å². The smallest absolute Gasteiger partial charge is 0.330 e. The van der Waals surface area contributed by atoms with Crippen molar-refractivity contribution in [2.24, 2.45) is 5.92 Å². The number of hydrogen-bond acceptors (Lipinski definition) is 6. The first-order chi connectivity index (χ1) is 17.3. The number of hydrogen-bond donors (Lipinski definition) is 2. The van der Waals surface area contributed by atoms with Gasteiger partial charge in [-0.15, -0.1) is 0 Å². The van der Waals surface area contributed by atoms with Gasteiger partial charge in [0.15, 0.2) is 0 Å². The average Bonchev–Trinajstić information content (AvgIpc) is 2.82. The number of esters is 1. The van der Waals surface area contributed by atoms with Gasteiger partial charge in [0.2, 0.25) is 0 Å². The molecule has 0 saturated heterocycles. The van der Waals surface area contributed by atoms with Gasteiger partial charge in [-0.2, -0.15) is 0 Å². The van der Waals surface area contributed by atoms with Gasteiger partial charge in [0.25, 0.3) is 0 Å². The van der Waals surface area contributed by atoms with Gasteiger partial charge in [-0.05, 0) is 51.5 Å². The highest BCUT2D eigenvalue weighted by Gasteiger charge is 2.21. The number of carbonyl (C=O) groups is 1. The van der Waals surface area contributed by atoms with Crippen molar-refractivity contribution >= 4 is 11.7 Å². The second-order valence-corrected chi connectivity index (χ2v) is 9.77. The zero-order chi connectivity index (χ0) is 26.3. The maximum absolute atomic E-state index is 12.0. The number of nitrogens with one attached hydrogen (secondary N) is 1. The van der Waals surface area contributed by atoms with Gasteiger partial charge >= 0.3 is 5.97 Å². The molecule has 2 heterocycles. The molecule has 2 rings (SSSR count). The predicted molar refractivity (Wildman–Crippen MR) is 145 cm³/mol. The van der Waals surface area contributed by atoms with Crippen molar-refractivity contribution in [1.82, 2.24) is 0 Å². The van der Waals surface area contributed by atoms with E-state index in [1.165, 1.54) is 11.6 Å². The molecular formula is C30H43NO5. The standard InChI is InChI=1S/C30H43NO5/c1-5-9-30(33)36-29(28(32)14-13-27-20-22(2)15-17-35-27)12-8-10-25(31)19-23(3)18-24(4)21-26-11-6-7-16-34-26/h5-10,13-15,24,26-29,31-32H,3,11-12,16-21H2,1-2,4H3/b9-5-,10-8+,14-13+,31-25?. The van der Waals surface area contributed by atoms with Crippen LogP contribution >= 0.6 is 0 Å². The van der Waals surface area contributed by atoms with Crippen LogP contribution in [0.5, 0.6) is 0 Å². The van der Waals surface area contributed by atoms with E-state index in [0.29, 0.717) is 31.3 Å². The Balaban J connectivity index is 1.85. The summed E-state index contributed by atoms with van der Waals surface area (Å²) < 4.78 is 16.9. The van der Waals surface area contributed by atoms with E-state index in [-0.39, 0.29) is 18.6 Å². The summed E-state index contributed by atoms with van der Waals surface area (Å²) in [5.41, 5.74) is 2.70. The lowest BCUT2D eigenvalue weighted by atomic mass is 9.92. The van der Waals surface area contributed by atoms with Gasteiger partial charge in [0.1, 0.15) is 12.2 Å². The van der Waals surface area contributed by atoms with Crippen molar-refractivity contribution in [3.05, 3.63) is 72.4 Å². The van der Waals surface area contributed by atoms with Crippen molar-refractivity contribution in [3.8, 4) is 0 Å². The lowest BCUT2D eigenvalue weighted by molar-refractivity contribution is -0.147. The Labute approximate surface area is 216 Å². The van der Waals surface area contributed by atoms with Crippen molar-refractivity contribution in [1.29, 1.82) is 5.41 Å². The molecule has 2 aliphatic rings. The van der Waals surface area contributed by atoms with Crippen LogP contribution in [0.2, 0.25) is 0 Å². The molecule has 5 unspecified atom stereocenters. The van der Waals surface area contributed by atoms with E-state index in [1.54, 1.807) is 31.2 Å². The van der Waals surface area contributed by atoms with Crippen LogP contribution in [0.15, 0.2) is 72.4 Å². The van der Waals surface area contributed by atoms with Crippen LogP contribution in [0, 0.1) is 11.3 Å². The van der Waals surface area contributed by atoms with E-state index in [0.717, 1.165) is 31.3 Å². The van der Waals surface area contributed by atoms with Crippen LogP contribution in [0.25, 0.3) is 0 Å². The van der Waals surface area contributed by atoms with Gasteiger partial charge in [-0.1, -0.05) is 67.2 Å². The Hall–Kier alpha value is -2.54. The Kier molecular flexibility index (Phi) is 13.4. The zero-order valence-electron chi connectivity index (χ0n) is 22.0. The van der Waals surface area contributed by atoms with Gasteiger partial charge < -0.3 is 24.7 Å². The molecule has 36 heavy (non-hydrogen) atoms. The lowest BCUT2D eigenvalue weighted by Crippen LogP contribution is -2.29. The van der Waals surface area contributed by atoms with Gasteiger partial charge in [0, 0.05) is 24.6 Å². The highest BCUT2D eigenvalue weighted by molar-refractivity contribution is 5.93. The Morgan fingerprint density at radius 1 is 1.31 bits per heavy atom. The molecule has 0 fully saturated rings. The molecule has 2 aliphatic heterocycles. The van der Waals surface area contributed by atoms with Crippen LogP contribution in [0.4, 0.5) is 0 Å². The molecule has 0 amide bonds. The van der Waals surface area contributed by atoms with Crippen LogP contribution in [0.1, 0.15) is 59.3 Å². The molecule has 0 bridgehead atoms. The summed E-state index contributed by atoms with van der Waals surface area (Å²) in [5, 5.41) is 19.0. The van der Waals surface area contributed by atoms with Gasteiger partial charge in [0.05, 0.1) is 25.4 Å². The molecule has 6 heteroatoms. The fourth-order valence-electron chi connectivity index (χ4n) is 4.35. The van der Waals surface area contributed by atoms with E-state index in [9.17, 15) is 9.90 Å². The summed E-state index contributed by atoms with van der Waals surface area (Å²) in [7, 11) is 0. The highest BCUT2D eigenvalue weighted by Crippen LogP contribution is 2.22. The fourth-order valence-corrected chi connectivity index (χ4v) is 4.35. The van der Waals surface area contributed by atoms with Gasteiger partial charge in [-0.3, -0.25) is 0 Å². The number of carbonyl (C=O) groups excluding carboxylic acids is 1. The molecule has 0 saturated carbocycles. The van der Waals surface area contributed by atoms with Crippen LogP contribution < -0.4 is 0 Å². The third kappa shape index (κ3) is 11.9. The van der Waals surface area contributed by atoms with E-state index < -0.39 is 18.2 Å². The number of rotatable bonds is 14. The number of ether oxygens (including phenoxy) is 3. The molecule has 5 atom stereocenters. The van der Waals surface area contributed by atoms with E-state index in [1.807, 2.05) is 12.2 Å². The SMILES string of the molecule is C=C(CC(=N)/C=C/CC(OC(=O)/C=C\C)C(O)/C=C/C1CC(C)=CCO1)CC(C)CC1CC=CCO1. The van der Waals surface area contributed by atoms with Crippen LogP contribution in [-0.4, -0.2) is 54.4 Å². The molecule has 0 aliphatic carbocycles. The predicted octanol–water partition coefficient (Wildman–Crippen LogP) is 5.80. The van der Waals surface area contributed by atoms with E-state index >= 15 is 0 Å². The fraction of sp³-hybridized carbons (Fsp3) is 0.533. The van der Waals surface area contributed by atoms with Crippen molar-refractivity contribution in [2.75, 3.05) is 13.2 Å². The first-order valence-corrected chi connectivity index (χ1v) is 12.9. The Morgan fingerprint density at radius 3 is 2.81 bits per heavy atom. The van der Waals surface area contributed by atoms with Crippen LogP contribution in [-0.2, 0) is 19.0 Å². The topological polar surface area (TPSA) is 88.8 Å². The molecule has 2 N–H and O–H groups in total. The first-order valence-electron chi connectivity index (χ1n) is 12.9. The average molecular weight is 498 g/mol. The summed E-state index contributed by atoms with van der Waals surface area (Å²) in [6, 6.07) is 0. The molecule has 0 radical (unpaired) electrons. The van der Waals surface area contributed by atoms with Crippen molar-refractivity contribution < 1.29 is 24.1 Å². The largest absolute Gasteiger partial charge is 0.456 e. The molecular weight excluding hydrogens is 454 g/mol. The summed E-state index contributed by atoms with van der Waals surface area (Å²) in [6.45, 7) is 11.4. The molecule has 0 aromatic rings. The maximum Gasteiger partial charge on any atom is 0.330 e. The quantitative estimate of drug-likeness (QED) is 0.137. The summed E-state index contributed by atoms with van der Waals surface area (Å²) in [4.78, 5) is 12.0. The second kappa shape index (κ2) is 16.3.